The van der Waals surface area contributed by atoms with Crippen molar-refractivity contribution >= 4 is 16.9 Å². The van der Waals surface area contributed by atoms with Gasteiger partial charge in [-0.2, -0.15) is 5.10 Å². The highest BCUT2D eigenvalue weighted by atomic mass is 16.2. The molecule has 0 aliphatic rings. The maximum atomic E-state index is 13.0. The summed E-state index contributed by atoms with van der Waals surface area (Å²) in [6, 6.07) is 13.5. The van der Waals surface area contributed by atoms with Crippen molar-refractivity contribution < 1.29 is 4.79 Å². The molecular formula is C23H26N6O. The molecule has 1 aromatic carbocycles. The van der Waals surface area contributed by atoms with Crippen LogP contribution in [0.4, 0.5) is 0 Å². The number of nitrogens with one attached hydrogen (secondary N) is 2. The monoisotopic (exact) mass is 402 g/mol. The maximum absolute atomic E-state index is 13.0. The van der Waals surface area contributed by atoms with E-state index in [1.54, 1.807) is 18.5 Å². The van der Waals surface area contributed by atoms with Crippen molar-refractivity contribution in [3.8, 4) is 11.3 Å². The van der Waals surface area contributed by atoms with E-state index in [1.165, 1.54) is 0 Å². The Bertz CT molecular complexity index is 1160. The minimum absolute atomic E-state index is 0.156. The number of H-pyrrole nitrogens is 1. The van der Waals surface area contributed by atoms with E-state index in [4.69, 9.17) is 4.98 Å². The van der Waals surface area contributed by atoms with Gasteiger partial charge in [0, 0.05) is 24.0 Å². The molecule has 0 spiro atoms. The molecule has 2 N–H and O–H groups in total. The van der Waals surface area contributed by atoms with Crippen LogP contribution in [0, 0.1) is 5.92 Å². The Morgan fingerprint density at radius 1 is 1.10 bits per heavy atom. The molecule has 4 rings (SSSR count). The van der Waals surface area contributed by atoms with Crippen molar-refractivity contribution in [2.24, 2.45) is 5.92 Å². The van der Waals surface area contributed by atoms with E-state index in [0.717, 1.165) is 22.4 Å². The van der Waals surface area contributed by atoms with Gasteiger partial charge in [0.1, 0.15) is 11.5 Å². The maximum Gasteiger partial charge on any atom is 0.269 e. The molecule has 0 aliphatic carbocycles. The average molecular weight is 403 g/mol. The molecule has 0 fully saturated rings. The van der Waals surface area contributed by atoms with Crippen LogP contribution in [0.15, 0.2) is 54.9 Å². The number of hydrogen-bond acceptors (Lipinski definition) is 4. The fraction of sp³-hybridized carbons (Fsp3) is 0.304. The number of carbonyl (C=O) groups excluding carboxylic acids is 1. The summed E-state index contributed by atoms with van der Waals surface area (Å²) >= 11 is 0. The predicted octanol–water partition coefficient (Wildman–Crippen LogP) is 4.53. The van der Waals surface area contributed by atoms with Gasteiger partial charge in [-0.3, -0.25) is 14.9 Å². The molecule has 0 aliphatic heterocycles. The summed E-state index contributed by atoms with van der Waals surface area (Å²) in [7, 11) is 0. The second-order valence-electron chi connectivity index (χ2n) is 8.03. The van der Waals surface area contributed by atoms with Crippen molar-refractivity contribution in [1.29, 1.82) is 0 Å². The molecule has 0 radical (unpaired) electrons. The first-order valence-corrected chi connectivity index (χ1v) is 10.2. The van der Waals surface area contributed by atoms with Crippen LogP contribution in [0.25, 0.3) is 22.3 Å². The van der Waals surface area contributed by atoms with E-state index in [0.29, 0.717) is 11.4 Å². The molecule has 3 heterocycles. The van der Waals surface area contributed by atoms with Crippen LogP contribution in [0.2, 0.25) is 0 Å². The van der Waals surface area contributed by atoms with E-state index in [9.17, 15) is 4.79 Å². The first kappa shape index (κ1) is 19.8. The predicted molar refractivity (Wildman–Crippen MR) is 117 cm³/mol. The van der Waals surface area contributed by atoms with Gasteiger partial charge in [-0.15, -0.1) is 0 Å². The SMILES string of the molecule is CC(C)[C@@H](NC(=O)c1cc(-c2cccnc2)n[nH]1)c1nc2ccccc2n1C(C)C. The molecule has 7 heteroatoms. The van der Waals surface area contributed by atoms with E-state index < -0.39 is 0 Å². The van der Waals surface area contributed by atoms with Crippen LogP contribution >= 0.6 is 0 Å². The second kappa shape index (κ2) is 8.10. The summed E-state index contributed by atoms with van der Waals surface area (Å²) < 4.78 is 2.20. The van der Waals surface area contributed by atoms with E-state index in [1.807, 2.05) is 30.3 Å². The fourth-order valence-corrected chi connectivity index (χ4v) is 3.67. The van der Waals surface area contributed by atoms with Crippen molar-refractivity contribution in [1.82, 2.24) is 30.0 Å². The minimum atomic E-state index is -0.238. The van der Waals surface area contributed by atoms with E-state index in [2.05, 4.69) is 58.8 Å². The molecule has 0 unspecified atom stereocenters. The van der Waals surface area contributed by atoms with Crippen molar-refractivity contribution in [3.63, 3.8) is 0 Å². The van der Waals surface area contributed by atoms with Crippen LogP contribution in [0.3, 0.4) is 0 Å². The Morgan fingerprint density at radius 3 is 2.60 bits per heavy atom. The number of aromatic nitrogens is 5. The molecule has 0 saturated heterocycles. The zero-order valence-corrected chi connectivity index (χ0v) is 17.6. The lowest BCUT2D eigenvalue weighted by Crippen LogP contribution is -2.34. The summed E-state index contributed by atoms with van der Waals surface area (Å²) in [4.78, 5) is 22.0. The quantitative estimate of drug-likeness (QED) is 0.496. The van der Waals surface area contributed by atoms with Crippen LogP contribution < -0.4 is 5.32 Å². The summed E-state index contributed by atoms with van der Waals surface area (Å²) in [6.07, 6.45) is 3.43. The van der Waals surface area contributed by atoms with Gasteiger partial charge in [0.2, 0.25) is 0 Å². The Labute approximate surface area is 175 Å². The number of amides is 1. The highest BCUT2D eigenvalue weighted by molar-refractivity contribution is 5.93. The summed E-state index contributed by atoms with van der Waals surface area (Å²) in [5.74, 6) is 0.809. The lowest BCUT2D eigenvalue weighted by atomic mass is 10.0. The second-order valence-corrected chi connectivity index (χ2v) is 8.03. The van der Waals surface area contributed by atoms with Gasteiger partial charge in [0.05, 0.1) is 22.8 Å². The van der Waals surface area contributed by atoms with Gasteiger partial charge >= 0.3 is 0 Å². The number of para-hydroxylation sites is 2. The number of fused-ring (bicyclic) bond motifs is 1. The highest BCUT2D eigenvalue weighted by Crippen LogP contribution is 2.29. The third kappa shape index (κ3) is 3.70. The van der Waals surface area contributed by atoms with Crippen molar-refractivity contribution in [2.45, 2.75) is 39.8 Å². The van der Waals surface area contributed by atoms with Gasteiger partial charge in [0.25, 0.3) is 5.91 Å². The van der Waals surface area contributed by atoms with Gasteiger partial charge < -0.3 is 9.88 Å². The first-order chi connectivity index (χ1) is 14.5. The van der Waals surface area contributed by atoms with Gasteiger partial charge in [0.15, 0.2) is 0 Å². The Kier molecular flexibility index (Phi) is 5.35. The standard InChI is InChI=1S/C23H26N6O/c1-14(2)21(22-25-17-9-5-6-10-20(17)29(22)15(3)4)26-23(30)19-12-18(27-28-19)16-8-7-11-24-13-16/h5-15,21H,1-4H3,(H,26,30)(H,27,28)/t21-/m1/s1. The summed E-state index contributed by atoms with van der Waals surface area (Å²) in [5, 5.41) is 10.3. The lowest BCUT2D eigenvalue weighted by molar-refractivity contribution is 0.0916. The minimum Gasteiger partial charge on any atom is -0.340 e. The molecule has 1 atom stereocenters. The molecule has 4 aromatic rings. The van der Waals surface area contributed by atoms with E-state index in [-0.39, 0.29) is 23.9 Å². The molecule has 3 aromatic heterocycles. The zero-order valence-electron chi connectivity index (χ0n) is 17.6. The summed E-state index contributed by atoms with van der Waals surface area (Å²) in [5.41, 5.74) is 3.95. The largest absolute Gasteiger partial charge is 0.340 e. The topological polar surface area (TPSA) is 88.5 Å². The van der Waals surface area contributed by atoms with Crippen molar-refractivity contribution in [3.05, 3.63) is 66.4 Å². The third-order valence-corrected chi connectivity index (χ3v) is 5.15. The average Bonchev–Trinajstić information content (AvgIpc) is 3.37. The van der Waals surface area contributed by atoms with Crippen LogP contribution in [-0.4, -0.2) is 30.6 Å². The lowest BCUT2D eigenvalue weighted by Gasteiger charge is -2.24. The number of carbonyl (C=O) groups is 1. The van der Waals surface area contributed by atoms with E-state index >= 15 is 0 Å². The molecule has 0 saturated carbocycles. The number of pyridine rings is 1. The highest BCUT2D eigenvalue weighted by Gasteiger charge is 2.27. The van der Waals surface area contributed by atoms with Crippen LogP contribution in [-0.2, 0) is 0 Å². The van der Waals surface area contributed by atoms with Crippen molar-refractivity contribution in [2.75, 3.05) is 0 Å². The number of aromatic amines is 1. The van der Waals surface area contributed by atoms with Crippen LogP contribution in [0.1, 0.15) is 56.1 Å². The van der Waals surface area contributed by atoms with Gasteiger partial charge in [-0.1, -0.05) is 26.0 Å². The number of benzene rings is 1. The zero-order chi connectivity index (χ0) is 21.3. The first-order valence-electron chi connectivity index (χ1n) is 10.2. The number of nitrogens with zero attached hydrogens (tertiary/aromatic N) is 4. The Morgan fingerprint density at radius 2 is 1.90 bits per heavy atom. The normalized spacial score (nSPS) is 12.6. The number of rotatable bonds is 6. The van der Waals surface area contributed by atoms with Crippen LogP contribution in [0.5, 0.6) is 0 Å². The molecule has 7 nitrogen and oxygen atoms in total. The molecule has 30 heavy (non-hydrogen) atoms. The summed E-state index contributed by atoms with van der Waals surface area (Å²) in [6.45, 7) is 8.43. The fourth-order valence-electron chi connectivity index (χ4n) is 3.67. The molecular weight excluding hydrogens is 376 g/mol. The Hall–Kier alpha value is -3.48. The molecule has 0 bridgehead atoms. The number of imidazole rings is 1. The van der Waals surface area contributed by atoms with Gasteiger partial charge in [-0.05, 0) is 50.1 Å². The third-order valence-electron chi connectivity index (χ3n) is 5.15. The molecule has 1 amide bonds. The van der Waals surface area contributed by atoms with Gasteiger partial charge in [-0.25, -0.2) is 4.98 Å². The molecule has 154 valence electrons. The number of hydrogen-bond donors (Lipinski definition) is 2. The smallest absolute Gasteiger partial charge is 0.269 e. The Balaban J connectivity index is 1.65.